The smallest absolute Gasteiger partial charge is 0.0225 e. The van der Waals surface area contributed by atoms with E-state index in [2.05, 4.69) is 64.6 Å². The van der Waals surface area contributed by atoms with E-state index in [9.17, 15) is 0 Å². The first-order valence-electron chi connectivity index (χ1n) is 5.60. The van der Waals surface area contributed by atoms with E-state index in [0.717, 1.165) is 0 Å². The SMILES string of the molecule is C=C/C(C)=C\C=C(/C)c1ccc(C)c(C)c1. The summed E-state index contributed by atoms with van der Waals surface area (Å²) in [6.45, 7) is 12.2. The Balaban J connectivity index is 3.00. The first-order valence-corrected chi connectivity index (χ1v) is 5.60. The number of hydrogen-bond acceptors (Lipinski definition) is 0. The van der Waals surface area contributed by atoms with Gasteiger partial charge in [-0.3, -0.25) is 0 Å². The van der Waals surface area contributed by atoms with Gasteiger partial charge in [0.05, 0.1) is 0 Å². The average molecular weight is 212 g/mol. The molecule has 0 radical (unpaired) electrons. The van der Waals surface area contributed by atoms with E-state index in [-0.39, 0.29) is 0 Å². The summed E-state index contributed by atoms with van der Waals surface area (Å²) >= 11 is 0. The maximum atomic E-state index is 3.74. The van der Waals surface area contributed by atoms with Gasteiger partial charge < -0.3 is 0 Å². The fourth-order valence-electron chi connectivity index (χ4n) is 1.41. The van der Waals surface area contributed by atoms with Crippen molar-refractivity contribution in [3.8, 4) is 0 Å². The van der Waals surface area contributed by atoms with Crippen molar-refractivity contribution in [3.63, 3.8) is 0 Å². The zero-order chi connectivity index (χ0) is 12.1. The minimum Gasteiger partial charge on any atom is -0.0988 e. The maximum Gasteiger partial charge on any atom is -0.0225 e. The molecule has 1 aromatic carbocycles. The van der Waals surface area contributed by atoms with E-state index in [4.69, 9.17) is 0 Å². The number of aryl methyl sites for hydroxylation is 2. The largest absolute Gasteiger partial charge is 0.0988 e. The molecule has 0 aromatic heterocycles. The molecule has 1 rings (SSSR count). The third-order valence-corrected chi connectivity index (χ3v) is 2.88. The van der Waals surface area contributed by atoms with Crippen LogP contribution in [-0.2, 0) is 0 Å². The van der Waals surface area contributed by atoms with Crippen LogP contribution in [0.15, 0.2) is 48.6 Å². The third-order valence-electron chi connectivity index (χ3n) is 2.88. The van der Waals surface area contributed by atoms with Crippen LogP contribution >= 0.6 is 0 Å². The molecule has 0 aliphatic carbocycles. The highest BCUT2D eigenvalue weighted by atomic mass is 14.0. The predicted octanol–water partition coefficient (Wildman–Crippen LogP) is 4.84. The van der Waals surface area contributed by atoms with Gasteiger partial charge in [-0.2, -0.15) is 0 Å². The molecule has 0 bridgehead atoms. The van der Waals surface area contributed by atoms with Crippen molar-refractivity contribution in [1.29, 1.82) is 0 Å². The van der Waals surface area contributed by atoms with Crippen LogP contribution in [0.3, 0.4) is 0 Å². The van der Waals surface area contributed by atoms with Gasteiger partial charge in [0, 0.05) is 0 Å². The van der Waals surface area contributed by atoms with Crippen LogP contribution in [0.4, 0.5) is 0 Å². The summed E-state index contributed by atoms with van der Waals surface area (Å²) in [5, 5.41) is 0. The Kier molecular flexibility index (Phi) is 4.30. The molecule has 16 heavy (non-hydrogen) atoms. The van der Waals surface area contributed by atoms with E-state index >= 15 is 0 Å². The molecular weight excluding hydrogens is 192 g/mol. The van der Waals surface area contributed by atoms with Crippen LogP contribution in [0.5, 0.6) is 0 Å². The summed E-state index contributed by atoms with van der Waals surface area (Å²) in [6.07, 6.45) is 6.10. The molecule has 0 saturated carbocycles. The van der Waals surface area contributed by atoms with Gasteiger partial charge in [0.15, 0.2) is 0 Å². The molecule has 0 spiro atoms. The average Bonchev–Trinajstić information content (AvgIpc) is 2.29. The fourth-order valence-corrected chi connectivity index (χ4v) is 1.41. The van der Waals surface area contributed by atoms with Gasteiger partial charge in [0.1, 0.15) is 0 Å². The van der Waals surface area contributed by atoms with Crippen LogP contribution in [0, 0.1) is 13.8 Å². The minimum atomic E-state index is 1.18. The second-order valence-corrected chi connectivity index (χ2v) is 4.26. The number of benzene rings is 1. The van der Waals surface area contributed by atoms with Crippen molar-refractivity contribution >= 4 is 5.57 Å². The first-order chi connectivity index (χ1) is 7.54. The van der Waals surface area contributed by atoms with Crippen molar-refractivity contribution in [2.24, 2.45) is 0 Å². The fraction of sp³-hybridized carbons (Fsp3) is 0.250. The van der Waals surface area contributed by atoms with Gasteiger partial charge in [-0.05, 0) is 50.0 Å². The van der Waals surface area contributed by atoms with Gasteiger partial charge in [-0.15, -0.1) is 0 Å². The Morgan fingerprint density at radius 3 is 2.31 bits per heavy atom. The van der Waals surface area contributed by atoms with Crippen LogP contribution in [0.25, 0.3) is 5.57 Å². The highest BCUT2D eigenvalue weighted by Gasteiger charge is 1.97. The molecule has 0 unspecified atom stereocenters. The van der Waals surface area contributed by atoms with E-state index in [1.807, 2.05) is 6.08 Å². The van der Waals surface area contributed by atoms with Gasteiger partial charge in [0.25, 0.3) is 0 Å². The summed E-state index contributed by atoms with van der Waals surface area (Å²) in [7, 11) is 0. The van der Waals surface area contributed by atoms with Gasteiger partial charge in [-0.25, -0.2) is 0 Å². The predicted molar refractivity (Wildman–Crippen MR) is 73.5 cm³/mol. The second kappa shape index (κ2) is 5.50. The number of allylic oxidation sites excluding steroid dienone is 5. The van der Waals surface area contributed by atoms with E-state index in [1.165, 1.54) is 27.8 Å². The van der Waals surface area contributed by atoms with Crippen molar-refractivity contribution in [2.45, 2.75) is 27.7 Å². The monoisotopic (exact) mass is 212 g/mol. The Bertz CT molecular complexity index is 445. The lowest BCUT2D eigenvalue weighted by Gasteiger charge is -2.05. The molecule has 0 aliphatic heterocycles. The summed E-state index contributed by atoms with van der Waals surface area (Å²) in [6, 6.07) is 6.58. The molecule has 0 nitrogen and oxygen atoms in total. The zero-order valence-electron chi connectivity index (χ0n) is 10.7. The lowest BCUT2D eigenvalue weighted by atomic mass is 10.0. The van der Waals surface area contributed by atoms with Crippen molar-refractivity contribution in [1.82, 2.24) is 0 Å². The molecule has 0 aliphatic rings. The summed E-state index contributed by atoms with van der Waals surface area (Å²) in [4.78, 5) is 0. The summed E-state index contributed by atoms with van der Waals surface area (Å²) in [5.41, 5.74) is 6.44. The highest BCUT2D eigenvalue weighted by molar-refractivity contribution is 5.66. The van der Waals surface area contributed by atoms with Crippen LogP contribution < -0.4 is 0 Å². The summed E-state index contributed by atoms with van der Waals surface area (Å²) in [5.74, 6) is 0. The molecule has 1 aromatic rings. The molecule has 84 valence electrons. The van der Waals surface area contributed by atoms with Gasteiger partial charge >= 0.3 is 0 Å². The Hall–Kier alpha value is -1.56. The highest BCUT2D eigenvalue weighted by Crippen LogP contribution is 2.18. The van der Waals surface area contributed by atoms with Crippen LogP contribution in [0.2, 0.25) is 0 Å². The van der Waals surface area contributed by atoms with Gasteiger partial charge in [0.2, 0.25) is 0 Å². The standard InChI is InChI=1S/C16H20/c1-6-12(2)7-8-14(4)16-10-9-13(3)15(5)11-16/h6-11H,1H2,2-5H3/b12-7-,14-8+. The lowest BCUT2D eigenvalue weighted by Crippen LogP contribution is -1.85. The second-order valence-electron chi connectivity index (χ2n) is 4.26. The molecule has 0 amide bonds. The van der Waals surface area contributed by atoms with E-state index < -0.39 is 0 Å². The molecule has 0 saturated heterocycles. The quantitative estimate of drug-likeness (QED) is 0.629. The Morgan fingerprint density at radius 1 is 1.06 bits per heavy atom. The first kappa shape index (κ1) is 12.5. The molecular formula is C16H20. The van der Waals surface area contributed by atoms with Crippen LogP contribution in [0.1, 0.15) is 30.5 Å². The summed E-state index contributed by atoms with van der Waals surface area (Å²) < 4.78 is 0. The molecule has 0 heteroatoms. The Morgan fingerprint density at radius 2 is 1.75 bits per heavy atom. The molecule has 0 N–H and O–H groups in total. The zero-order valence-corrected chi connectivity index (χ0v) is 10.7. The third kappa shape index (κ3) is 3.23. The molecule has 0 fully saturated rings. The lowest BCUT2D eigenvalue weighted by molar-refractivity contribution is 1.33. The molecule has 0 heterocycles. The minimum absolute atomic E-state index is 1.18. The van der Waals surface area contributed by atoms with E-state index in [1.54, 1.807) is 0 Å². The van der Waals surface area contributed by atoms with Crippen molar-refractivity contribution < 1.29 is 0 Å². The van der Waals surface area contributed by atoms with Crippen molar-refractivity contribution in [3.05, 3.63) is 65.3 Å². The normalized spacial score (nSPS) is 12.8. The topological polar surface area (TPSA) is 0 Å². The van der Waals surface area contributed by atoms with Gasteiger partial charge in [-0.1, -0.05) is 48.6 Å². The maximum absolute atomic E-state index is 3.74. The number of hydrogen-bond donors (Lipinski definition) is 0. The molecule has 0 atom stereocenters. The van der Waals surface area contributed by atoms with Crippen molar-refractivity contribution in [2.75, 3.05) is 0 Å². The van der Waals surface area contributed by atoms with Crippen LogP contribution in [-0.4, -0.2) is 0 Å². The number of rotatable bonds is 3. The van der Waals surface area contributed by atoms with E-state index in [0.29, 0.717) is 0 Å². The Labute approximate surface area is 99.0 Å².